The number of hydrogen-bond donors (Lipinski definition) is 2. The van der Waals surface area contributed by atoms with Crippen molar-refractivity contribution >= 4 is 22.4 Å². The maximum absolute atomic E-state index is 13.9. The number of nitrogen functional groups attached to an aromatic ring is 1. The summed E-state index contributed by atoms with van der Waals surface area (Å²) < 4.78 is 3.30. The van der Waals surface area contributed by atoms with Gasteiger partial charge in [0.15, 0.2) is 5.82 Å². The molecule has 0 amide bonds. The van der Waals surface area contributed by atoms with Gasteiger partial charge in [-0.25, -0.2) is 15.0 Å². The number of pyridine rings is 1. The molecule has 1 atom stereocenters. The molecule has 5 rings (SSSR count). The molecular weight excluding hydrogens is 452 g/mol. The third-order valence-electron chi connectivity index (χ3n) is 5.85. The van der Waals surface area contributed by atoms with Crippen LogP contribution >= 0.6 is 0 Å². The number of nitrogens with zero attached hydrogens (tertiary/aromatic N) is 6. The zero-order valence-electron chi connectivity index (χ0n) is 20.1. The van der Waals surface area contributed by atoms with Crippen LogP contribution in [0.25, 0.3) is 27.8 Å². The van der Waals surface area contributed by atoms with E-state index in [2.05, 4.69) is 37.2 Å². The molecule has 3 heterocycles. The first-order chi connectivity index (χ1) is 17.5. The molecular formula is C27H24N8O. The van der Waals surface area contributed by atoms with Crippen LogP contribution < -0.4 is 16.6 Å². The predicted octanol–water partition coefficient (Wildman–Crippen LogP) is 3.70. The number of nitrogens with two attached hydrogens (primary N) is 1. The van der Waals surface area contributed by atoms with Gasteiger partial charge in [-0.3, -0.25) is 14.0 Å². The average molecular weight is 477 g/mol. The minimum Gasteiger partial charge on any atom is -0.383 e. The summed E-state index contributed by atoms with van der Waals surface area (Å²) in [6, 6.07) is 16.9. The highest BCUT2D eigenvalue weighted by atomic mass is 16.1. The average Bonchev–Trinajstić information content (AvgIpc) is 3.30. The summed E-state index contributed by atoms with van der Waals surface area (Å²) in [6.07, 6.45) is 2.97. The lowest BCUT2D eigenvalue weighted by atomic mass is 10.0. The summed E-state index contributed by atoms with van der Waals surface area (Å²) in [7, 11) is 1.77. The largest absolute Gasteiger partial charge is 0.383 e. The zero-order valence-corrected chi connectivity index (χ0v) is 20.1. The first-order valence-electron chi connectivity index (χ1n) is 11.4. The Labute approximate surface area is 207 Å². The van der Waals surface area contributed by atoms with Crippen LogP contribution in [0.1, 0.15) is 31.1 Å². The van der Waals surface area contributed by atoms with Crippen LogP contribution in [0.3, 0.4) is 0 Å². The fourth-order valence-electron chi connectivity index (χ4n) is 4.24. The number of anilines is 2. The lowest BCUT2D eigenvalue weighted by Gasteiger charge is -2.22. The highest BCUT2D eigenvalue weighted by Crippen LogP contribution is 2.31. The van der Waals surface area contributed by atoms with Gasteiger partial charge in [0.05, 0.1) is 11.4 Å². The number of aryl methyl sites for hydroxylation is 1. The number of hydrogen-bond acceptors (Lipinski definition) is 7. The third-order valence-corrected chi connectivity index (χ3v) is 5.85. The van der Waals surface area contributed by atoms with Gasteiger partial charge in [0.1, 0.15) is 29.9 Å². The number of aromatic nitrogens is 6. The molecule has 0 aliphatic heterocycles. The Morgan fingerprint density at radius 1 is 1.06 bits per heavy atom. The molecule has 0 aliphatic rings. The molecule has 0 fully saturated rings. The van der Waals surface area contributed by atoms with E-state index in [4.69, 9.17) is 5.73 Å². The lowest BCUT2D eigenvalue weighted by Crippen LogP contribution is -2.26. The van der Waals surface area contributed by atoms with Crippen LogP contribution in [0.4, 0.5) is 11.6 Å². The van der Waals surface area contributed by atoms with Crippen LogP contribution in [0.5, 0.6) is 0 Å². The van der Waals surface area contributed by atoms with Crippen LogP contribution in [0.2, 0.25) is 0 Å². The van der Waals surface area contributed by atoms with E-state index in [1.54, 1.807) is 29.5 Å². The Bertz CT molecular complexity index is 1690. The minimum atomic E-state index is -0.347. The normalized spacial score (nSPS) is 11.6. The van der Waals surface area contributed by atoms with Gasteiger partial charge in [0.25, 0.3) is 5.56 Å². The molecule has 0 aliphatic carbocycles. The number of rotatable bonds is 5. The van der Waals surface area contributed by atoms with Crippen molar-refractivity contribution in [1.29, 1.82) is 0 Å². The van der Waals surface area contributed by atoms with Crippen LogP contribution in [0.15, 0.2) is 72.0 Å². The molecule has 178 valence electrons. The van der Waals surface area contributed by atoms with Gasteiger partial charge in [-0.1, -0.05) is 36.3 Å². The first kappa shape index (κ1) is 22.8. The van der Waals surface area contributed by atoms with Crippen LogP contribution in [-0.2, 0) is 7.05 Å². The van der Waals surface area contributed by atoms with Crippen molar-refractivity contribution in [2.45, 2.75) is 19.9 Å². The van der Waals surface area contributed by atoms with E-state index in [0.29, 0.717) is 28.2 Å². The molecule has 0 unspecified atom stereocenters. The van der Waals surface area contributed by atoms with Crippen LogP contribution in [-0.4, -0.2) is 29.3 Å². The first-order valence-corrected chi connectivity index (χ1v) is 11.4. The maximum atomic E-state index is 13.9. The number of para-hydroxylation sites is 1. The summed E-state index contributed by atoms with van der Waals surface area (Å²) >= 11 is 0. The highest BCUT2D eigenvalue weighted by molar-refractivity contribution is 5.88. The maximum Gasteiger partial charge on any atom is 0.264 e. The molecule has 2 aromatic carbocycles. The molecule has 0 saturated heterocycles. The minimum absolute atomic E-state index is 0.144. The SMILES string of the molecule is CC#Cc1cccc2cc([C@H](C)Nc3ncnc(N)c3-c3ncn(C)n3)n(-c3ccccc3)c(=O)c12. The van der Waals surface area contributed by atoms with E-state index in [1.807, 2.05) is 61.5 Å². The molecule has 9 heteroatoms. The molecule has 0 bridgehead atoms. The van der Waals surface area contributed by atoms with E-state index < -0.39 is 0 Å². The van der Waals surface area contributed by atoms with Gasteiger partial charge < -0.3 is 11.1 Å². The molecule has 0 spiro atoms. The van der Waals surface area contributed by atoms with Crippen molar-refractivity contribution in [3.8, 4) is 28.9 Å². The fraction of sp³-hybridized carbons (Fsp3) is 0.148. The molecule has 9 nitrogen and oxygen atoms in total. The summed E-state index contributed by atoms with van der Waals surface area (Å²) in [6.45, 7) is 3.72. The van der Waals surface area contributed by atoms with Crippen molar-refractivity contribution in [2.24, 2.45) is 7.05 Å². The predicted molar refractivity (Wildman–Crippen MR) is 141 cm³/mol. The Hall–Kier alpha value is -4.97. The van der Waals surface area contributed by atoms with Crippen molar-refractivity contribution in [3.63, 3.8) is 0 Å². The fourth-order valence-corrected chi connectivity index (χ4v) is 4.24. The third kappa shape index (κ3) is 4.05. The summed E-state index contributed by atoms with van der Waals surface area (Å²) in [4.78, 5) is 26.8. The summed E-state index contributed by atoms with van der Waals surface area (Å²) in [5, 5.41) is 9.17. The van der Waals surface area contributed by atoms with Crippen molar-refractivity contribution in [1.82, 2.24) is 29.3 Å². The van der Waals surface area contributed by atoms with Crippen LogP contribution in [0, 0.1) is 11.8 Å². The van der Waals surface area contributed by atoms with Gasteiger partial charge >= 0.3 is 0 Å². The Kier molecular flexibility index (Phi) is 5.92. The monoisotopic (exact) mass is 476 g/mol. The number of benzene rings is 2. The Morgan fingerprint density at radius 3 is 2.58 bits per heavy atom. The summed E-state index contributed by atoms with van der Waals surface area (Å²) in [5.41, 5.74) is 8.75. The quantitative estimate of drug-likeness (QED) is 0.372. The number of nitrogens with one attached hydrogen (secondary N) is 1. The molecule has 3 aromatic heterocycles. The van der Waals surface area contributed by atoms with Gasteiger partial charge in [-0.05, 0) is 43.5 Å². The van der Waals surface area contributed by atoms with E-state index in [9.17, 15) is 4.79 Å². The lowest BCUT2D eigenvalue weighted by molar-refractivity contribution is 0.765. The van der Waals surface area contributed by atoms with Crippen molar-refractivity contribution in [3.05, 3.63) is 88.9 Å². The van der Waals surface area contributed by atoms with E-state index in [1.165, 1.54) is 6.33 Å². The summed E-state index contributed by atoms with van der Waals surface area (Å²) in [5.74, 6) is 7.12. The van der Waals surface area contributed by atoms with Gasteiger partial charge in [0, 0.05) is 24.0 Å². The second-order valence-corrected chi connectivity index (χ2v) is 8.28. The second-order valence-electron chi connectivity index (χ2n) is 8.28. The van der Waals surface area contributed by atoms with Gasteiger partial charge in [-0.2, -0.15) is 5.10 Å². The second kappa shape index (κ2) is 9.35. The highest BCUT2D eigenvalue weighted by Gasteiger charge is 2.21. The van der Waals surface area contributed by atoms with Gasteiger partial charge in [0.2, 0.25) is 0 Å². The van der Waals surface area contributed by atoms with Crippen molar-refractivity contribution < 1.29 is 0 Å². The molecule has 5 aromatic rings. The molecule has 3 N–H and O–H groups in total. The Morgan fingerprint density at radius 2 is 1.86 bits per heavy atom. The Balaban J connectivity index is 1.70. The van der Waals surface area contributed by atoms with Crippen molar-refractivity contribution in [2.75, 3.05) is 11.1 Å². The topological polar surface area (TPSA) is 117 Å². The molecule has 0 radical (unpaired) electrons. The standard InChI is InChI=1S/C27H24N8O/c1-4-9-18-10-8-11-19-14-21(35(27(36)22(18)19)20-12-6-5-7-13-20)17(2)32-25-23(24(28)29-15-30-25)26-31-16-34(3)33-26/h5-8,10-17H,1-3H3,(H3,28,29,30,32)/t17-/m0/s1. The van der Waals surface area contributed by atoms with E-state index in [0.717, 1.165) is 16.8 Å². The number of fused-ring (bicyclic) bond motifs is 1. The zero-order chi connectivity index (χ0) is 25.2. The smallest absolute Gasteiger partial charge is 0.264 e. The van der Waals surface area contributed by atoms with E-state index >= 15 is 0 Å². The van der Waals surface area contributed by atoms with Gasteiger partial charge in [-0.15, -0.1) is 5.92 Å². The molecule has 36 heavy (non-hydrogen) atoms. The molecule has 0 saturated carbocycles. The van der Waals surface area contributed by atoms with E-state index in [-0.39, 0.29) is 17.4 Å².